The van der Waals surface area contributed by atoms with Gasteiger partial charge in [0.15, 0.2) is 5.78 Å². The van der Waals surface area contributed by atoms with Gasteiger partial charge in [-0.1, -0.05) is 33.6 Å². The number of carbonyl (C=O) groups excluding carboxylic acids is 3. The molecular weight excluding hydrogens is 260 g/mol. The van der Waals surface area contributed by atoms with Crippen LogP contribution in [0.4, 0.5) is 0 Å². The van der Waals surface area contributed by atoms with Crippen molar-refractivity contribution in [3.63, 3.8) is 0 Å². The van der Waals surface area contributed by atoms with Crippen LogP contribution in [-0.2, 0) is 23.9 Å². The van der Waals surface area contributed by atoms with Gasteiger partial charge >= 0.3 is 11.9 Å². The molecule has 0 aliphatic rings. The van der Waals surface area contributed by atoms with Gasteiger partial charge in [-0.3, -0.25) is 9.59 Å². The Hall–Kier alpha value is -2.17. The molecule has 0 heterocycles. The van der Waals surface area contributed by atoms with E-state index in [0.29, 0.717) is 19.4 Å². The predicted molar refractivity (Wildman–Crippen MR) is 78.9 cm³/mol. The summed E-state index contributed by atoms with van der Waals surface area (Å²) in [4.78, 5) is 30.3. The van der Waals surface area contributed by atoms with Gasteiger partial charge in [-0.05, 0) is 13.0 Å². The van der Waals surface area contributed by atoms with Crippen molar-refractivity contribution in [1.82, 2.24) is 0 Å². The zero-order chi connectivity index (χ0) is 16.4. The van der Waals surface area contributed by atoms with Gasteiger partial charge in [0.2, 0.25) is 0 Å². The van der Waals surface area contributed by atoms with Gasteiger partial charge in [-0.25, -0.2) is 4.79 Å². The fourth-order valence-electron chi connectivity index (χ4n) is 0.522. The lowest BCUT2D eigenvalue weighted by molar-refractivity contribution is -0.138. The Morgan fingerprint density at radius 3 is 1.60 bits per heavy atom. The van der Waals surface area contributed by atoms with Crippen LogP contribution in [0.1, 0.15) is 33.6 Å². The van der Waals surface area contributed by atoms with Crippen LogP contribution in [0.25, 0.3) is 0 Å². The molecule has 0 aliphatic heterocycles. The lowest BCUT2D eigenvalue weighted by atomic mass is 10.3. The average molecular weight is 284 g/mol. The maximum Gasteiger partial charge on any atom is 0.330 e. The summed E-state index contributed by atoms with van der Waals surface area (Å²) in [5.74, 6) is -0.493. The minimum absolute atomic E-state index is 0.106. The second kappa shape index (κ2) is 19.2. The van der Waals surface area contributed by atoms with Gasteiger partial charge in [0, 0.05) is 18.9 Å². The molecule has 5 nitrogen and oxygen atoms in total. The highest BCUT2D eigenvalue weighted by Gasteiger charge is 1.89. The number of carbonyl (C=O) groups is 3. The summed E-state index contributed by atoms with van der Waals surface area (Å²) < 4.78 is 8.75. The van der Waals surface area contributed by atoms with Gasteiger partial charge in [0.05, 0.1) is 12.9 Å². The molecule has 0 N–H and O–H groups in total. The third kappa shape index (κ3) is 24.9. The summed E-state index contributed by atoms with van der Waals surface area (Å²) in [7, 11) is 0. The maximum absolute atomic E-state index is 10.1. The van der Waals surface area contributed by atoms with Crippen LogP contribution in [0.15, 0.2) is 38.2 Å². The highest BCUT2D eigenvalue weighted by molar-refractivity contribution is 5.88. The Kier molecular flexibility index (Phi) is 22.0. The van der Waals surface area contributed by atoms with Crippen molar-refractivity contribution < 1.29 is 23.9 Å². The van der Waals surface area contributed by atoms with Crippen molar-refractivity contribution in [2.24, 2.45) is 0 Å². The summed E-state index contributed by atoms with van der Waals surface area (Å²) in [5, 5.41) is 0. The molecule has 0 fully saturated rings. The molecule has 5 heteroatoms. The Morgan fingerprint density at radius 1 is 0.950 bits per heavy atom. The molecule has 0 saturated heterocycles. The first-order valence-electron chi connectivity index (χ1n) is 6.18. The number of ketones is 1. The molecule has 0 radical (unpaired) electrons. The molecule has 0 bridgehead atoms. The first kappa shape index (κ1) is 23.0. The SMILES string of the molecule is C=CC(=O)CC.C=CC(=O)OCC.C=COC(=O)CC. The van der Waals surface area contributed by atoms with E-state index < -0.39 is 0 Å². The summed E-state index contributed by atoms with van der Waals surface area (Å²) in [5.41, 5.74) is 0. The van der Waals surface area contributed by atoms with Crippen molar-refractivity contribution in [2.45, 2.75) is 33.6 Å². The molecule has 114 valence electrons. The van der Waals surface area contributed by atoms with Crippen molar-refractivity contribution in [3.8, 4) is 0 Å². The van der Waals surface area contributed by atoms with Crippen LogP contribution >= 0.6 is 0 Å². The number of ether oxygens (including phenoxy) is 2. The van der Waals surface area contributed by atoms with E-state index in [1.165, 1.54) is 6.08 Å². The minimum Gasteiger partial charge on any atom is -0.463 e. The summed E-state index contributed by atoms with van der Waals surface area (Å²) in [6.45, 7) is 15.4. The van der Waals surface area contributed by atoms with Crippen LogP contribution in [-0.4, -0.2) is 24.3 Å². The van der Waals surface area contributed by atoms with Gasteiger partial charge in [0.25, 0.3) is 0 Å². The third-order valence-electron chi connectivity index (χ3n) is 1.53. The Bertz CT molecular complexity index is 318. The second-order valence-corrected chi connectivity index (χ2v) is 2.99. The van der Waals surface area contributed by atoms with Gasteiger partial charge in [-0.2, -0.15) is 0 Å². The van der Waals surface area contributed by atoms with Gasteiger partial charge in [0.1, 0.15) is 0 Å². The number of rotatable bonds is 6. The monoisotopic (exact) mass is 284 g/mol. The van der Waals surface area contributed by atoms with Crippen LogP contribution < -0.4 is 0 Å². The van der Waals surface area contributed by atoms with Gasteiger partial charge in [-0.15, -0.1) is 0 Å². The molecule has 0 unspecified atom stereocenters. The molecule has 0 aromatic rings. The van der Waals surface area contributed by atoms with E-state index >= 15 is 0 Å². The molecule has 0 aromatic carbocycles. The lowest BCUT2D eigenvalue weighted by Gasteiger charge is -1.90. The third-order valence-corrected chi connectivity index (χ3v) is 1.53. The second-order valence-electron chi connectivity index (χ2n) is 2.99. The van der Waals surface area contributed by atoms with Crippen molar-refractivity contribution in [3.05, 3.63) is 38.2 Å². The van der Waals surface area contributed by atoms with Gasteiger partial charge < -0.3 is 9.47 Å². The average Bonchev–Trinajstić information content (AvgIpc) is 2.48. The van der Waals surface area contributed by atoms with E-state index in [9.17, 15) is 14.4 Å². The Balaban J connectivity index is -0.000000218. The van der Waals surface area contributed by atoms with E-state index in [2.05, 4.69) is 29.2 Å². The van der Waals surface area contributed by atoms with Crippen LogP contribution in [0.3, 0.4) is 0 Å². The number of esters is 2. The van der Waals surface area contributed by atoms with Crippen LogP contribution in [0.5, 0.6) is 0 Å². The maximum atomic E-state index is 10.1. The number of hydrogen-bond acceptors (Lipinski definition) is 5. The van der Waals surface area contributed by atoms with Crippen LogP contribution in [0.2, 0.25) is 0 Å². The van der Waals surface area contributed by atoms with Crippen molar-refractivity contribution >= 4 is 17.7 Å². The lowest BCUT2D eigenvalue weighted by Crippen LogP contribution is -1.97. The molecular formula is C15H24O5. The molecule has 0 atom stereocenters. The van der Waals surface area contributed by atoms with Crippen molar-refractivity contribution in [2.75, 3.05) is 6.61 Å². The summed E-state index contributed by atoms with van der Waals surface area (Å²) in [6, 6.07) is 0. The summed E-state index contributed by atoms with van der Waals surface area (Å²) >= 11 is 0. The van der Waals surface area contributed by atoms with Crippen LogP contribution in [0, 0.1) is 0 Å². The zero-order valence-electron chi connectivity index (χ0n) is 12.5. The first-order valence-corrected chi connectivity index (χ1v) is 6.18. The van der Waals surface area contributed by atoms with E-state index in [-0.39, 0.29) is 17.7 Å². The number of allylic oxidation sites excluding steroid dienone is 1. The quantitative estimate of drug-likeness (QED) is 0.426. The van der Waals surface area contributed by atoms with Crippen molar-refractivity contribution in [1.29, 1.82) is 0 Å². The van der Waals surface area contributed by atoms with E-state index in [4.69, 9.17) is 0 Å². The van der Waals surface area contributed by atoms with E-state index in [1.54, 1.807) is 13.8 Å². The molecule has 0 saturated carbocycles. The fraction of sp³-hybridized carbons (Fsp3) is 0.400. The fourth-order valence-corrected chi connectivity index (χ4v) is 0.522. The van der Waals surface area contributed by atoms with E-state index in [1.807, 2.05) is 6.92 Å². The molecule has 0 amide bonds. The minimum atomic E-state index is -0.359. The molecule has 0 rings (SSSR count). The zero-order valence-corrected chi connectivity index (χ0v) is 12.5. The smallest absolute Gasteiger partial charge is 0.330 e. The highest BCUT2D eigenvalue weighted by atomic mass is 16.5. The normalized spacial score (nSPS) is 7.55. The summed E-state index contributed by atoms with van der Waals surface area (Å²) in [6.07, 6.45) is 4.59. The molecule has 0 aliphatic carbocycles. The molecule has 0 aromatic heterocycles. The number of hydrogen-bond donors (Lipinski definition) is 0. The Labute approximate surface area is 121 Å². The molecule has 0 spiro atoms. The first-order chi connectivity index (χ1) is 9.42. The topological polar surface area (TPSA) is 69.7 Å². The Morgan fingerprint density at radius 2 is 1.50 bits per heavy atom. The standard InChI is InChI=1S/2C5H8O2.C5H8O/c2*1-3-5(6)7-4-2;1-3-5(6)4-2/h4H,2-3H2,1H3;3H,1,4H2,2H3;3H,1,4H2,2H3. The highest BCUT2D eigenvalue weighted by Crippen LogP contribution is 1.81. The predicted octanol–water partition coefficient (Wildman–Crippen LogP) is 2.97. The van der Waals surface area contributed by atoms with E-state index in [0.717, 1.165) is 12.3 Å². The largest absolute Gasteiger partial charge is 0.463 e. The molecule has 20 heavy (non-hydrogen) atoms.